The molecule has 32 heavy (non-hydrogen) atoms. The largest absolute Gasteiger partial charge is 0.244 e. The van der Waals surface area contributed by atoms with Gasteiger partial charge in [0, 0.05) is 12.3 Å². The summed E-state index contributed by atoms with van der Waals surface area (Å²) in [4.78, 5) is 0.357. The third-order valence-electron chi connectivity index (χ3n) is 6.59. The van der Waals surface area contributed by atoms with E-state index in [4.69, 9.17) is 0 Å². The molecule has 5 heteroatoms. The number of hydrogen-bond acceptors (Lipinski definition) is 3. The second-order valence-corrected chi connectivity index (χ2v) is 11.5. The van der Waals surface area contributed by atoms with E-state index in [0.717, 1.165) is 35.3 Å². The lowest BCUT2D eigenvalue weighted by atomic mass is 10.00. The normalized spacial score (nSPS) is 18.4. The van der Waals surface area contributed by atoms with Crippen LogP contribution >= 0.6 is 11.8 Å². The molecule has 1 saturated heterocycles. The van der Waals surface area contributed by atoms with Gasteiger partial charge in [-0.15, -0.1) is 11.8 Å². The molecule has 2 aliphatic rings. The third-order valence-corrected chi connectivity index (χ3v) is 9.85. The fourth-order valence-electron chi connectivity index (χ4n) is 5.02. The van der Waals surface area contributed by atoms with Crippen LogP contribution in [0.4, 0.5) is 0 Å². The Balaban J connectivity index is 1.38. The van der Waals surface area contributed by atoms with Gasteiger partial charge in [0.05, 0.1) is 10.3 Å². The van der Waals surface area contributed by atoms with Crippen LogP contribution in [0.3, 0.4) is 0 Å². The highest BCUT2D eigenvalue weighted by Gasteiger charge is 2.38. The molecule has 0 amide bonds. The molecule has 1 heterocycles. The Morgan fingerprint density at radius 2 is 1.47 bits per heavy atom. The lowest BCUT2D eigenvalue weighted by Crippen LogP contribution is -2.30. The topological polar surface area (TPSA) is 37.4 Å². The van der Waals surface area contributed by atoms with E-state index < -0.39 is 10.0 Å². The van der Waals surface area contributed by atoms with Gasteiger partial charge in [0.2, 0.25) is 10.0 Å². The maximum absolute atomic E-state index is 13.7. The summed E-state index contributed by atoms with van der Waals surface area (Å²) in [5.74, 6) is 0.801. The highest BCUT2D eigenvalue weighted by atomic mass is 32.2. The van der Waals surface area contributed by atoms with Crippen LogP contribution in [0.2, 0.25) is 0 Å². The first-order valence-electron chi connectivity index (χ1n) is 11.0. The van der Waals surface area contributed by atoms with Gasteiger partial charge in [-0.05, 0) is 63.6 Å². The van der Waals surface area contributed by atoms with Gasteiger partial charge in [-0.2, -0.15) is 4.31 Å². The van der Waals surface area contributed by atoms with Crippen molar-refractivity contribution in [2.75, 3.05) is 12.3 Å². The molecule has 160 valence electrons. The average Bonchev–Trinajstić information content (AvgIpc) is 3.49. The summed E-state index contributed by atoms with van der Waals surface area (Å²) in [6.45, 7) is 0.529. The minimum absolute atomic E-state index is 0.196. The van der Waals surface area contributed by atoms with Gasteiger partial charge in [0.15, 0.2) is 0 Å². The number of aryl methyl sites for hydroxylation is 2. The van der Waals surface area contributed by atoms with E-state index in [2.05, 4.69) is 30.3 Å². The molecule has 4 aromatic carbocycles. The van der Waals surface area contributed by atoms with Gasteiger partial charge in [0.1, 0.15) is 0 Å². The molecular weight excluding hydrogens is 434 g/mol. The molecule has 0 saturated carbocycles. The van der Waals surface area contributed by atoms with E-state index in [9.17, 15) is 8.42 Å². The van der Waals surface area contributed by atoms with E-state index >= 15 is 0 Å². The Labute approximate surface area is 193 Å². The second kappa shape index (κ2) is 7.77. The molecule has 1 atom stereocenters. The number of hydrogen-bond donors (Lipinski definition) is 0. The van der Waals surface area contributed by atoms with E-state index in [1.807, 2.05) is 42.5 Å². The Kier molecular flexibility index (Phi) is 4.86. The summed E-state index contributed by atoms with van der Waals surface area (Å²) >= 11 is 1.72. The molecule has 0 spiro atoms. The van der Waals surface area contributed by atoms with Crippen molar-refractivity contribution in [3.63, 3.8) is 0 Å². The van der Waals surface area contributed by atoms with Crippen molar-refractivity contribution in [1.29, 1.82) is 0 Å². The number of nitrogens with zero attached hydrogens (tertiary/aromatic N) is 1. The fourth-order valence-corrected chi connectivity index (χ4v) is 8.28. The van der Waals surface area contributed by atoms with Crippen molar-refractivity contribution in [3.8, 4) is 11.1 Å². The summed E-state index contributed by atoms with van der Waals surface area (Å²) in [7, 11) is -3.60. The van der Waals surface area contributed by atoms with Crippen LogP contribution in [0.25, 0.3) is 21.9 Å². The average molecular weight is 458 g/mol. The van der Waals surface area contributed by atoms with Crippen molar-refractivity contribution in [2.24, 2.45) is 0 Å². The van der Waals surface area contributed by atoms with Crippen molar-refractivity contribution >= 4 is 32.6 Å². The SMILES string of the molecule is O=S(=O)(c1ccc(-c2ccccc2)cc1)N1CCSC1c1ccc2c3c(cccc13)CC2. The molecule has 0 aromatic heterocycles. The second-order valence-electron chi connectivity index (χ2n) is 8.38. The van der Waals surface area contributed by atoms with Crippen LogP contribution < -0.4 is 0 Å². The van der Waals surface area contributed by atoms with Crippen LogP contribution in [-0.4, -0.2) is 25.0 Å². The van der Waals surface area contributed by atoms with E-state index in [1.54, 1.807) is 28.2 Å². The minimum Gasteiger partial charge on any atom is -0.207 e. The first-order valence-corrected chi connectivity index (χ1v) is 13.4. The first-order chi connectivity index (χ1) is 15.6. The molecule has 4 aromatic rings. The Morgan fingerprint density at radius 1 is 0.750 bits per heavy atom. The summed E-state index contributed by atoms with van der Waals surface area (Å²) in [6, 6.07) is 28.1. The minimum atomic E-state index is -3.60. The molecule has 1 unspecified atom stereocenters. The van der Waals surface area contributed by atoms with Crippen LogP contribution in [0, 0.1) is 0 Å². The maximum Gasteiger partial charge on any atom is 0.244 e. The molecule has 1 aliphatic heterocycles. The van der Waals surface area contributed by atoms with Gasteiger partial charge >= 0.3 is 0 Å². The number of thioether (sulfide) groups is 1. The van der Waals surface area contributed by atoms with Gasteiger partial charge < -0.3 is 0 Å². The van der Waals surface area contributed by atoms with E-state index in [1.165, 1.54) is 21.9 Å². The van der Waals surface area contributed by atoms with Crippen LogP contribution in [0.1, 0.15) is 22.1 Å². The van der Waals surface area contributed by atoms with Crippen LogP contribution in [0.15, 0.2) is 89.8 Å². The standard InChI is InChI=1S/C27H23NO2S2/c29-32(30,23-14-11-20(12-15-23)19-5-2-1-3-6-19)28-17-18-31-27(28)25-16-13-22-10-9-21-7-4-8-24(25)26(21)22/h1-8,11-16,27H,9-10,17-18H2. The zero-order valence-electron chi connectivity index (χ0n) is 17.6. The number of benzene rings is 4. The van der Waals surface area contributed by atoms with E-state index in [0.29, 0.717) is 11.4 Å². The lowest BCUT2D eigenvalue weighted by Gasteiger charge is -2.25. The number of sulfonamides is 1. The predicted octanol–water partition coefficient (Wildman–Crippen LogP) is 6.04. The Morgan fingerprint density at radius 3 is 2.25 bits per heavy atom. The smallest absolute Gasteiger partial charge is 0.207 e. The quantitative estimate of drug-likeness (QED) is 0.375. The maximum atomic E-state index is 13.7. The highest BCUT2D eigenvalue weighted by Crippen LogP contribution is 2.45. The Hall–Kier alpha value is -2.60. The van der Waals surface area contributed by atoms with Gasteiger partial charge in [-0.1, -0.05) is 72.8 Å². The van der Waals surface area contributed by atoms with E-state index in [-0.39, 0.29) is 5.37 Å². The predicted molar refractivity (Wildman–Crippen MR) is 132 cm³/mol. The zero-order valence-corrected chi connectivity index (χ0v) is 19.2. The monoisotopic (exact) mass is 457 g/mol. The lowest BCUT2D eigenvalue weighted by molar-refractivity contribution is 0.435. The molecule has 6 rings (SSSR count). The summed E-state index contributed by atoms with van der Waals surface area (Å²) in [5.41, 5.74) is 5.98. The molecule has 1 aliphatic carbocycles. The van der Waals surface area contributed by atoms with Gasteiger partial charge in [-0.3, -0.25) is 0 Å². The zero-order chi connectivity index (χ0) is 21.7. The Bertz CT molecular complexity index is 1400. The molecule has 0 radical (unpaired) electrons. The third kappa shape index (κ3) is 3.19. The summed E-state index contributed by atoms with van der Waals surface area (Å²) < 4.78 is 29.0. The first kappa shape index (κ1) is 20.0. The van der Waals surface area contributed by atoms with Crippen LogP contribution in [-0.2, 0) is 22.9 Å². The van der Waals surface area contributed by atoms with Crippen molar-refractivity contribution in [3.05, 3.63) is 102 Å². The molecule has 0 bridgehead atoms. The molecule has 1 fully saturated rings. The summed E-state index contributed by atoms with van der Waals surface area (Å²) in [5, 5.41) is 2.34. The molecular formula is C27H23NO2S2. The van der Waals surface area contributed by atoms with Crippen LogP contribution in [0.5, 0.6) is 0 Å². The highest BCUT2D eigenvalue weighted by molar-refractivity contribution is 8.01. The fraction of sp³-hybridized carbons (Fsp3) is 0.185. The van der Waals surface area contributed by atoms with Crippen molar-refractivity contribution in [2.45, 2.75) is 23.1 Å². The summed E-state index contributed by atoms with van der Waals surface area (Å²) in [6.07, 6.45) is 2.15. The van der Waals surface area contributed by atoms with Gasteiger partial charge in [0.25, 0.3) is 0 Å². The van der Waals surface area contributed by atoms with Crippen molar-refractivity contribution < 1.29 is 8.42 Å². The molecule has 3 nitrogen and oxygen atoms in total. The van der Waals surface area contributed by atoms with Gasteiger partial charge in [-0.25, -0.2) is 8.42 Å². The number of rotatable bonds is 4. The molecule has 0 N–H and O–H groups in total. The van der Waals surface area contributed by atoms with Crippen molar-refractivity contribution in [1.82, 2.24) is 4.31 Å².